The van der Waals surface area contributed by atoms with Crippen LogP contribution in [0.25, 0.3) is 0 Å². The predicted octanol–water partition coefficient (Wildman–Crippen LogP) is 4.89. The number of rotatable bonds is 8. The molecule has 0 atom stereocenters. The van der Waals surface area contributed by atoms with Crippen molar-refractivity contribution in [2.24, 2.45) is 5.10 Å². The number of hydrogen-bond donors (Lipinski definition) is 1. The molecular weight excluding hydrogens is 447 g/mol. The summed E-state index contributed by atoms with van der Waals surface area (Å²) in [4.78, 5) is 2.30. The van der Waals surface area contributed by atoms with Crippen LogP contribution < -0.4 is 14.3 Å². The van der Waals surface area contributed by atoms with Gasteiger partial charge in [-0.05, 0) is 48.0 Å². The van der Waals surface area contributed by atoms with Crippen LogP contribution in [0, 0.1) is 0 Å². The van der Waals surface area contributed by atoms with E-state index in [4.69, 9.17) is 32.7 Å². The average molecular weight is 465 g/mol. The lowest BCUT2D eigenvalue weighted by Gasteiger charge is -2.13. The first-order valence-electron chi connectivity index (χ1n) is 8.74. The SMILES string of the molecule is COc1cc(/C=N/NS(=O)(=O)c2ccccc2)ccc1OCc1c(Cl)cccc1Cl. The molecule has 30 heavy (non-hydrogen) atoms. The van der Waals surface area contributed by atoms with Gasteiger partial charge < -0.3 is 9.47 Å². The topological polar surface area (TPSA) is 77.0 Å². The average Bonchev–Trinajstić information content (AvgIpc) is 2.74. The third kappa shape index (κ3) is 5.44. The van der Waals surface area contributed by atoms with Crippen LogP contribution in [0.3, 0.4) is 0 Å². The van der Waals surface area contributed by atoms with Crippen LogP contribution in [0.4, 0.5) is 0 Å². The van der Waals surface area contributed by atoms with Crippen LogP contribution in [0.15, 0.2) is 76.7 Å². The Morgan fingerprint density at radius 1 is 0.967 bits per heavy atom. The molecule has 6 nitrogen and oxygen atoms in total. The van der Waals surface area contributed by atoms with Crippen LogP contribution in [0.2, 0.25) is 10.0 Å². The second kappa shape index (κ2) is 9.84. The smallest absolute Gasteiger partial charge is 0.276 e. The van der Waals surface area contributed by atoms with Gasteiger partial charge in [0.15, 0.2) is 11.5 Å². The number of methoxy groups -OCH3 is 1. The zero-order valence-corrected chi connectivity index (χ0v) is 18.2. The van der Waals surface area contributed by atoms with Crippen molar-refractivity contribution in [2.75, 3.05) is 7.11 Å². The Hall–Kier alpha value is -2.74. The van der Waals surface area contributed by atoms with Crippen molar-refractivity contribution in [1.82, 2.24) is 4.83 Å². The van der Waals surface area contributed by atoms with Gasteiger partial charge in [0, 0.05) is 15.6 Å². The standard InChI is InChI=1S/C21H18Cl2N2O4S/c1-28-21-12-15(13-24-25-30(26,27)16-6-3-2-4-7-16)10-11-20(21)29-14-17-18(22)8-5-9-19(17)23/h2-13,25H,14H2,1H3/b24-13+. The lowest BCUT2D eigenvalue weighted by molar-refractivity contribution is 0.284. The second-order valence-corrected chi connectivity index (χ2v) is 8.54. The summed E-state index contributed by atoms with van der Waals surface area (Å²) < 4.78 is 35.5. The Kier molecular flexibility index (Phi) is 7.20. The Morgan fingerprint density at radius 2 is 1.67 bits per heavy atom. The van der Waals surface area contributed by atoms with Gasteiger partial charge in [0.05, 0.1) is 18.2 Å². The first kappa shape index (κ1) is 22.0. The van der Waals surface area contributed by atoms with Crippen molar-refractivity contribution in [1.29, 1.82) is 0 Å². The molecule has 1 N–H and O–H groups in total. The molecular formula is C21H18Cl2N2O4S. The molecule has 0 saturated heterocycles. The lowest BCUT2D eigenvalue weighted by Crippen LogP contribution is -2.18. The van der Waals surface area contributed by atoms with Gasteiger partial charge in [-0.25, -0.2) is 4.83 Å². The van der Waals surface area contributed by atoms with E-state index < -0.39 is 10.0 Å². The largest absolute Gasteiger partial charge is 0.493 e. The molecule has 3 aromatic rings. The third-order valence-corrected chi connectivity index (χ3v) is 6.01. The molecule has 0 aromatic heterocycles. The fourth-order valence-corrected chi connectivity index (χ4v) is 3.85. The highest BCUT2D eigenvalue weighted by molar-refractivity contribution is 7.89. The van der Waals surface area contributed by atoms with Crippen LogP contribution in [0.5, 0.6) is 11.5 Å². The molecule has 0 bridgehead atoms. The van der Waals surface area contributed by atoms with E-state index in [2.05, 4.69) is 9.93 Å². The number of ether oxygens (including phenoxy) is 2. The molecule has 0 aliphatic carbocycles. The fourth-order valence-electron chi connectivity index (χ4n) is 2.53. The maximum Gasteiger partial charge on any atom is 0.276 e. The molecule has 0 saturated carbocycles. The molecule has 156 valence electrons. The van der Waals surface area contributed by atoms with E-state index in [1.54, 1.807) is 54.6 Å². The van der Waals surface area contributed by atoms with Gasteiger partial charge in [0.25, 0.3) is 10.0 Å². The van der Waals surface area contributed by atoms with Crippen molar-refractivity contribution < 1.29 is 17.9 Å². The van der Waals surface area contributed by atoms with E-state index in [0.29, 0.717) is 32.7 Å². The minimum absolute atomic E-state index is 0.127. The molecule has 9 heteroatoms. The van der Waals surface area contributed by atoms with E-state index in [-0.39, 0.29) is 11.5 Å². The van der Waals surface area contributed by atoms with Crippen molar-refractivity contribution in [2.45, 2.75) is 11.5 Å². The molecule has 3 rings (SSSR count). The van der Waals surface area contributed by atoms with Gasteiger partial charge >= 0.3 is 0 Å². The van der Waals surface area contributed by atoms with E-state index in [9.17, 15) is 8.42 Å². The molecule has 0 fully saturated rings. The predicted molar refractivity (Wildman–Crippen MR) is 118 cm³/mol. The van der Waals surface area contributed by atoms with Crippen LogP contribution in [-0.2, 0) is 16.6 Å². The van der Waals surface area contributed by atoms with Crippen molar-refractivity contribution >= 4 is 39.4 Å². The fraction of sp³-hybridized carbons (Fsp3) is 0.0952. The molecule has 3 aromatic carbocycles. The zero-order chi connectivity index (χ0) is 21.6. The highest BCUT2D eigenvalue weighted by atomic mass is 35.5. The molecule has 0 amide bonds. The normalized spacial score (nSPS) is 11.4. The first-order chi connectivity index (χ1) is 14.4. The summed E-state index contributed by atoms with van der Waals surface area (Å²) in [6.45, 7) is 0.166. The molecule has 0 spiro atoms. The Labute approximate surface area is 185 Å². The summed E-state index contributed by atoms with van der Waals surface area (Å²) >= 11 is 12.3. The maximum atomic E-state index is 12.2. The molecule has 0 heterocycles. The Bertz CT molecular complexity index is 1130. The van der Waals surface area contributed by atoms with Crippen molar-refractivity contribution in [3.8, 4) is 11.5 Å². The monoisotopic (exact) mass is 464 g/mol. The van der Waals surface area contributed by atoms with Crippen LogP contribution >= 0.6 is 23.2 Å². The van der Waals surface area contributed by atoms with Crippen molar-refractivity contribution in [3.05, 3.63) is 87.9 Å². The summed E-state index contributed by atoms with van der Waals surface area (Å²) in [5.41, 5.74) is 1.29. The zero-order valence-electron chi connectivity index (χ0n) is 15.9. The molecule has 0 unspecified atom stereocenters. The van der Waals surface area contributed by atoms with Gasteiger partial charge in [-0.3, -0.25) is 0 Å². The second-order valence-electron chi connectivity index (χ2n) is 6.07. The summed E-state index contributed by atoms with van der Waals surface area (Å²) in [5.74, 6) is 0.934. The highest BCUT2D eigenvalue weighted by Gasteiger charge is 2.12. The van der Waals surface area contributed by atoms with Gasteiger partial charge in [-0.2, -0.15) is 13.5 Å². The maximum absolute atomic E-state index is 12.2. The summed E-state index contributed by atoms with van der Waals surface area (Å²) in [7, 11) is -2.23. The minimum atomic E-state index is -3.73. The van der Waals surface area contributed by atoms with Gasteiger partial charge in [-0.1, -0.05) is 47.5 Å². The number of hydrazone groups is 1. The summed E-state index contributed by atoms with van der Waals surface area (Å²) in [6.07, 6.45) is 1.37. The first-order valence-corrected chi connectivity index (χ1v) is 11.0. The Balaban J connectivity index is 1.70. The van der Waals surface area contributed by atoms with Crippen LogP contribution in [-0.4, -0.2) is 21.7 Å². The number of nitrogens with zero attached hydrogens (tertiary/aromatic N) is 1. The number of halogens is 2. The summed E-state index contributed by atoms with van der Waals surface area (Å²) in [6, 6.07) is 18.3. The lowest BCUT2D eigenvalue weighted by atomic mass is 10.2. The quantitative estimate of drug-likeness (QED) is 0.380. The molecule has 0 aliphatic heterocycles. The number of sulfonamides is 1. The number of hydrogen-bond acceptors (Lipinski definition) is 5. The number of benzene rings is 3. The number of nitrogens with one attached hydrogen (secondary N) is 1. The van der Waals surface area contributed by atoms with Gasteiger partial charge in [0.1, 0.15) is 6.61 Å². The summed E-state index contributed by atoms with van der Waals surface area (Å²) in [5, 5.41) is 4.84. The third-order valence-electron chi connectivity index (χ3n) is 4.06. The van der Waals surface area contributed by atoms with E-state index in [0.717, 1.165) is 0 Å². The molecule has 0 radical (unpaired) electrons. The van der Waals surface area contributed by atoms with Crippen molar-refractivity contribution in [3.63, 3.8) is 0 Å². The van der Waals surface area contributed by atoms with E-state index >= 15 is 0 Å². The highest BCUT2D eigenvalue weighted by Crippen LogP contribution is 2.31. The van der Waals surface area contributed by atoms with Crippen LogP contribution in [0.1, 0.15) is 11.1 Å². The Morgan fingerprint density at radius 3 is 2.33 bits per heavy atom. The van der Waals surface area contributed by atoms with Gasteiger partial charge in [-0.15, -0.1) is 0 Å². The van der Waals surface area contributed by atoms with E-state index in [1.165, 1.54) is 25.5 Å². The van der Waals surface area contributed by atoms with E-state index in [1.807, 2.05) is 0 Å². The van der Waals surface area contributed by atoms with Gasteiger partial charge in [0.2, 0.25) is 0 Å². The molecule has 0 aliphatic rings. The minimum Gasteiger partial charge on any atom is -0.493 e.